The molecule has 0 atom stereocenters. The van der Waals surface area contributed by atoms with Gasteiger partial charge in [-0.15, -0.1) is 5.56 Å². The summed E-state index contributed by atoms with van der Waals surface area (Å²) in [5.41, 5.74) is 3.81. The van der Waals surface area contributed by atoms with Crippen LogP contribution in [0.5, 0.6) is 0 Å². The van der Waals surface area contributed by atoms with E-state index in [1.165, 1.54) is 36.0 Å². The molecule has 0 amide bonds. The summed E-state index contributed by atoms with van der Waals surface area (Å²) in [6.45, 7) is 5.03. The van der Waals surface area contributed by atoms with E-state index in [0.717, 1.165) is 6.42 Å². The average Bonchev–Trinajstić information content (AvgIpc) is 2.52. The number of aryl methyl sites for hydroxylation is 1. The van der Waals surface area contributed by atoms with E-state index in [2.05, 4.69) is 50.4 Å². The molecular formula is C18H23NO. The Labute approximate surface area is 122 Å². The maximum absolute atomic E-state index is 5.47. The van der Waals surface area contributed by atoms with E-state index in [0.29, 0.717) is 6.61 Å². The highest BCUT2D eigenvalue weighted by molar-refractivity contribution is 5.62. The molecule has 0 fully saturated rings. The van der Waals surface area contributed by atoms with Gasteiger partial charge in [-0.25, -0.2) is 0 Å². The number of unbranched alkanes of at least 4 members (excludes halogenated alkanes) is 1. The van der Waals surface area contributed by atoms with Gasteiger partial charge >= 0.3 is 0 Å². The van der Waals surface area contributed by atoms with Crippen molar-refractivity contribution in [1.29, 1.82) is 0 Å². The molecule has 0 spiro atoms. The van der Waals surface area contributed by atoms with Gasteiger partial charge in [0.2, 0.25) is 0 Å². The quantitative estimate of drug-likeness (QED) is 0.552. The highest BCUT2D eigenvalue weighted by Gasteiger charge is 1.97. The molecule has 20 heavy (non-hydrogen) atoms. The second-order valence-corrected chi connectivity index (χ2v) is 5.00. The molecule has 2 nitrogen and oxygen atoms in total. The van der Waals surface area contributed by atoms with Crippen LogP contribution in [0, 0.1) is 6.20 Å². The Morgan fingerprint density at radius 1 is 1.00 bits per heavy atom. The van der Waals surface area contributed by atoms with E-state index >= 15 is 0 Å². The average molecular weight is 269 g/mol. The van der Waals surface area contributed by atoms with Gasteiger partial charge in [-0.2, -0.15) is 0 Å². The summed E-state index contributed by atoms with van der Waals surface area (Å²) in [6, 6.07) is 12.8. The lowest BCUT2D eigenvalue weighted by atomic mass is 10.0. The SMILES string of the molecule is CCCCc1ccc(-c2c[c-][n+](OCCC)cc2)cc1. The summed E-state index contributed by atoms with van der Waals surface area (Å²) in [6.07, 6.45) is 9.70. The molecule has 0 bridgehead atoms. The molecule has 0 aliphatic heterocycles. The van der Waals surface area contributed by atoms with E-state index in [1.807, 2.05) is 12.3 Å². The van der Waals surface area contributed by atoms with Crippen molar-refractivity contribution in [3.63, 3.8) is 0 Å². The maximum atomic E-state index is 5.47. The zero-order chi connectivity index (χ0) is 14.2. The second kappa shape index (κ2) is 7.68. The van der Waals surface area contributed by atoms with Crippen molar-refractivity contribution < 1.29 is 9.57 Å². The zero-order valence-electron chi connectivity index (χ0n) is 12.4. The van der Waals surface area contributed by atoms with Gasteiger partial charge in [-0.1, -0.05) is 67.0 Å². The molecule has 1 heterocycles. The molecule has 0 unspecified atom stereocenters. The van der Waals surface area contributed by atoms with Crippen LogP contribution >= 0.6 is 0 Å². The number of pyridine rings is 1. The Morgan fingerprint density at radius 3 is 2.40 bits per heavy atom. The molecule has 1 aromatic heterocycles. The van der Waals surface area contributed by atoms with Gasteiger partial charge in [0, 0.05) is 0 Å². The minimum absolute atomic E-state index is 0.715. The van der Waals surface area contributed by atoms with Crippen LogP contribution in [0.1, 0.15) is 38.7 Å². The molecule has 0 saturated carbocycles. The molecule has 0 aliphatic carbocycles. The van der Waals surface area contributed by atoms with Gasteiger partial charge in [0.1, 0.15) is 6.20 Å². The summed E-state index contributed by atoms with van der Waals surface area (Å²) in [4.78, 5) is 5.47. The summed E-state index contributed by atoms with van der Waals surface area (Å²) in [7, 11) is 0. The lowest BCUT2D eigenvalue weighted by Gasteiger charge is -2.08. The highest BCUT2D eigenvalue weighted by atomic mass is 16.7. The van der Waals surface area contributed by atoms with Gasteiger partial charge < -0.3 is 0 Å². The molecule has 2 rings (SSSR count). The monoisotopic (exact) mass is 269 g/mol. The van der Waals surface area contributed by atoms with E-state index in [1.54, 1.807) is 4.73 Å². The normalized spacial score (nSPS) is 10.5. The van der Waals surface area contributed by atoms with E-state index < -0.39 is 0 Å². The predicted molar refractivity (Wildman–Crippen MR) is 81.3 cm³/mol. The van der Waals surface area contributed by atoms with Crippen LogP contribution in [-0.4, -0.2) is 6.61 Å². The number of hydrogen-bond acceptors (Lipinski definition) is 1. The molecule has 0 N–H and O–H groups in total. The van der Waals surface area contributed by atoms with Crippen molar-refractivity contribution in [3.05, 3.63) is 54.4 Å². The fourth-order valence-electron chi connectivity index (χ4n) is 2.07. The topological polar surface area (TPSA) is 13.1 Å². The number of hydrogen-bond donors (Lipinski definition) is 0. The van der Waals surface area contributed by atoms with Crippen LogP contribution in [0.2, 0.25) is 0 Å². The first-order valence-electron chi connectivity index (χ1n) is 7.49. The summed E-state index contributed by atoms with van der Waals surface area (Å²) in [5.74, 6) is 0. The Hall–Kier alpha value is -1.83. The van der Waals surface area contributed by atoms with Gasteiger partial charge in [-0.3, -0.25) is 4.84 Å². The molecule has 0 radical (unpaired) electrons. The predicted octanol–water partition coefficient (Wildman–Crippen LogP) is 3.62. The fourth-order valence-corrected chi connectivity index (χ4v) is 2.07. The minimum atomic E-state index is 0.715. The number of nitrogens with zero attached hydrogens (tertiary/aromatic N) is 1. The number of aromatic nitrogens is 1. The van der Waals surface area contributed by atoms with Gasteiger partial charge in [0.15, 0.2) is 12.8 Å². The van der Waals surface area contributed by atoms with Crippen molar-refractivity contribution in [2.45, 2.75) is 39.5 Å². The first-order valence-corrected chi connectivity index (χ1v) is 7.49. The molecule has 0 saturated heterocycles. The molecule has 106 valence electrons. The Bertz CT molecular complexity index is 452. The third-order valence-electron chi connectivity index (χ3n) is 3.28. The first-order chi connectivity index (χ1) is 9.83. The lowest BCUT2D eigenvalue weighted by Crippen LogP contribution is -2.42. The third-order valence-corrected chi connectivity index (χ3v) is 3.28. The molecule has 2 aromatic rings. The molecule has 2 heteroatoms. The highest BCUT2D eigenvalue weighted by Crippen LogP contribution is 2.18. The van der Waals surface area contributed by atoms with Crippen LogP contribution in [0.3, 0.4) is 0 Å². The molecular weight excluding hydrogens is 246 g/mol. The minimum Gasteiger partial charge on any atom is -0.295 e. The summed E-state index contributed by atoms with van der Waals surface area (Å²) in [5, 5.41) is 0. The number of rotatable bonds is 7. The first kappa shape index (κ1) is 14.6. The van der Waals surface area contributed by atoms with Crippen molar-refractivity contribution in [2.75, 3.05) is 6.61 Å². The van der Waals surface area contributed by atoms with Crippen LogP contribution < -0.4 is 9.57 Å². The fraction of sp³-hybridized carbons (Fsp3) is 0.389. The Kier molecular flexibility index (Phi) is 5.60. The van der Waals surface area contributed by atoms with Crippen molar-refractivity contribution in [1.82, 2.24) is 0 Å². The van der Waals surface area contributed by atoms with Gasteiger partial charge in [-0.05, 0) is 24.8 Å². The second-order valence-electron chi connectivity index (χ2n) is 5.00. The Morgan fingerprint density at radius 2 is 1.80 bits per heavy atom. The third kappa shape index (κ3) is 4.09. The van der Waals surface area contributed by atoms with Gasteiger partial charge in [0.05, 0.1) is 0 Å². The standard InChI is InChI=1S/C18H23NO/c1-3-5-6-16-7-9-17(10-8-16)18-11-13-19(14-12-18)20-15-4-2/h7-13H,3-6,15H2,1-2H3. The van der Waals surface area contributed by atoms with E-state index in [4.69, 9.17) is 4.84 Å². The molecule has 1 aromatic carbocycles. The largest absolute Gasteiger partial charge is 0.295 e. The zero-order valence-corrected chi connectivity index (χ0v) is 12.4. The molecule has 0 aliphatic rings. The van der Waals surface area contributed by atoms with Crippen LogP contribution in [-0.2, 0) is 6.42 Å². The Balaban J connectivity index is 2.03. The summed E-state index contributed by atoms with van der Waals surface area (Å²) < 4.78 is 1.64. The van der Waals surface area contributed by atoms with Crippen LogP contribution in [0.4, 0.5) is 0 Å². The smallest absolute Gasteiger partial charge is 0.170 e. The van der Waals surface area contributed by atoms with E-state index in [9.17, 15) is 0 Å². The van der Waals surface area contributed by atoms with Crippen LogP contribution in [0.25, 0.3) is 11.1 Å². The van der Waals surface area contributed by atoms with Gasteiger partial charge in [0.25, 0.3) is 0 Å². The number of benzene rings is 1. The van der Waals surface area contributed by atoms with Crippen molar-refractivity contribution >= 4 is 0 Å². The summed E-state index contributed by atoms with van der Waals surface area (Å²) >= 11 is 0. The van der Waals surface area contributed by atoms with Crippen molar-refractivity contribution in [2.24, 2.45) is 0 Å². The van der Waals surface area contributed by atoms with Crippen molar-refractivity contribution in [3.8, 4) is 11.1 Å². The lowest BCUT2D eigenvalue weighted by molar-refractivity contribution is -0.894. The maximum Gasteiger partial charge on any atom is 0.170 e. The van der Waals surface area contributed by atoms with Crippen LogP contribution in [0.15, 0.2) is 42.6 Å². The van der Waals surface area contributed by atoms with E-state index in [-0.39, 0.29) is 0 Å².